The maximum Gasteiger partial charge on any atom is 0.228 e. The van der Waals surface area contributed by atoms with Crippen molar-refractivity contribution < 1.29 is 9.53 Å². The fourth-order valence-corrected chi connectivity index (χ4v) is 2.88. The first kappa shape index (κ1) is 18.5. The van der Waals surface area contributed by atoms with Gasteiger partial charge in [-0.1, -0.05) is 42.5 Å². The quantitative estimate of drug-likeness (QED) is 0.674. The lowest BCUT2D eigenvalue weighted by Crippen LogP contribution is -2.17. The lowest BCUT2D eigenvalue weighted by Gasteiger charge is -2.19. The number of benzene rings is 3. The van der Waals surface area contributed by atoms with Gasteiger partial charge in [0.25, 0.3) is 0 Å². The van der Waals surface area contributed by atoms with Gasteiger partial charge in [0, 0.05) is 25.0 Å². The third kappa shape index (κ3) is 5.35. The normalized spacial score (nSPS) is 10.3. The van der Waals surface area contributed by atoms with Gasteiger partial charge in [-0.3, -0.25) is 4.79 Å². The second-order valence-corrected chi connectivity index (χ2v) is 6.46. The van der Waals surface area contributed by atoms with E-state index in [0.29, 0.717) is 6.42 Å². The molecule has 1 N–H and O–H groups in total. The molecule has 138 valence electrons. The summed E-state index contributed by atoms with van der Waals surface area (Å²) in [6, 6.07) is 25.8. The second kappa shape index (κ2) is 8.90. The molecule has 4 nitrogen and oxygen atoms in total. The number of amides is 1. The lowest BCUT2D eigenvalue weighted by molar-refractivity contribution is -0.115. The summed E-state index contributed by atoms with van der Waals surface area (Å²) in [6.45, 7) is 0.837. The van der Waals surface area contributed by atoms with Crippen LogP contribution in [0.1, 0.15) is 11.1 Å². The highest BCUT2D eigenvalue weighted by Gasteiger charge is 2.06. The molecule has 0 saturated heterocycles. The number of nitrogens with zero attached hydrogens (tertiary/aromatic N) is 1. The van der Waals surface area contributed by atoms with Crippen molar-refractivity contribution in [1.82, 2.24) is 0 Å². The van der Waals surface area contributed by atoms with Gasteiger partial charge in [0.05, 0.1) is 13.5 Å². The fraction of sp³-hybridized carbons (Fsp3) is 0.174. The van der Waals surface area contributed by atoms with E-state index in [1.54, 1.807) is 7.11 Å². The number of hydrogen-bond donors (Lipinski definition) is 1. The van der Waals surface area contributed by atoms with Crippen LogP contribution in [0.2, 0.25) is 0 Å². The summed E-state index contributed by atoms with van der Waals surface area (Å²) in [4.78, 5) is 14.4. The van der Waals surface area contributed by atoms with Crippen molar-refractivity contribution in [3.63, 3.8) is 0 Å². The number of methoxy groups -OCH3 is 1. The number of anilines is 2. The van der Waals surface area contributed by atoms with E-state index < -0.39 is 0 Å². The summed E-state index contributed by atoms with van der Waals surface area (Å²) in [5.41, 5.74) is 4.11. The zero-order chi connectivity index (χ0) is 19.1. The third-order valence-corrected chi connectivity index (χ3v) is 4.38. The van der Waals surface area contributed by atoms with Crippen molar-refractivity contribution in [3.05, 3.63) is 90.0 Å². The van der Waals surface area contributed by atoms with Crippen molar-refractivity contribution in [2.75, 3.05) is 24.4 Å². The number of ether oxygens (including phenoxy) is 1. The van der Waals surface area contributed by atoms with Gasteiger partial charge in [0.1, 0.15) is 5.75 Å². The maximum atomic E-state index is 12.2. The molecule has 0 bridgehead atoms. The van der Waals surface area contributed by atoms with Crippen LogP contribution in [-0.4, -0.2) is 20.1 Å². The lowest BCUT2D eigenvalue weighted by atomic mass is 10.1. The third-order valence-electron chi connectivity index (χ3n) is 4.38. The Morgan fingerprint density at radius 1 is 0.889 bits per heavy atom. The summed E-state index contributed by atoms with van der Waals surface area (Å²) in [5, 5.41) is 2.95. The highest BCUT2D eigenvalue weighted by Crippen LogP contribution is 2.19. The Morgan fingerprint density at radius 3 is 2.19 bits per heavy atom. The maximum absolute atomic E-state index is 12.2. The predicted octanol–water partition coefficient (Wildman–Crippen LogP) is 4.51. The van der Waals surface area contributed by atoms with E-state index in [0.717, 1.165) is 29.2 Å². The molecule has 3 aromatic carbocycles. The average molecular weight is 360 g/mol. The van der Waals surface area contributed by atoms with E-state index in [9.17, 15) is 4.79 Å². The molecule has 0 heterocycles. The molecule has 1 amide bonds. The summed E-state index contributed by atoms with van der Waals surface area (Å²) in [5.74, 6) is 0.750. The zero-order valence-corrected chi connectivity index (χ0v) is 15.7. The largest absolute Gasteiger partial charge is 0.497 e. The average Bonchev–Trinajstić information content (AvgIpc) is 2.70. The molecular formula is C23H24N2O2. The van der Waals surface area contributed by atoms with Gasteiger partial charge in [0.15, 0.2) is 0 Å². The van der Waals surface area contributed by atoms with Crippen LogP contribution >= 0.6 is 0 Å². The molecular weight excluding hydrogens is 336 g/mol. The summed E-state index contributed by atoms with van der Waals surface area (Å²) < 4.78 is 5.13. The number of rotatable bonds is 7. The summed E-state index contributed by atoms with van der Waals surface area (Å²) >= 11 is 0. The van der Waals surface area contributed by atoms with Gasteiger partial charge in [-0.05, 0) is 47.5 Å². The van der Waals surface area contributed by atoms with Gasteiger partial charge >= 0.3 is 0 Å². The number of carbonyl (C=O) groups excluding carboxylic acids is 1. The SMILES string of the molecule is COc1ccc(CC(=O)Nc2ccc(N(C)Cc3ccccc3)cc2)cc1. The molecule has 0 aliphatic carbocycles. The van der Waals surface area contributed by atoms with E-state index >= 15 is 0 Å². The minimum Gasteiger partial charge on any atom is -0.497 e. The molecule has 0 unspecified atom stereocenters. The molecule has 0 spiro atoms. The molecule has 3 rings (SSSR count). The minimum absolute atomic E-state index is 0.0365. The van der Waals surface area contributed by atoms with Crippen LogP contribution in [0.5, 0.6) is 5.75 Å². The van der Waals surface area contributed by atoms with Crippen LogP contribution in [0.15, 0.2) is 78.9 Å². The molecule has 0 aromatic heterocycles. The Morgan fingerprint density at radius 2 is 1.56 bits per heavy atom. The second-order valence-electron chi connectivity index (χ2n) is 6.46. The summed E-state index contributed by atoms with van der Waals surface area (Å²) in [6.07, 6.45) is 0.333. The smallest absolute Gasteiger partial charge is 0.228 e. The molecule has 0 saturated carbocycles. The highest BCUT2D eigenvalue weighted by molar-refractivity contribution is 5.92. The van der Waals surface area contributed by atoms with Crippen molar-refractivity contribution in [2.24, 2.45) is 0 Å². The summed E-state index contributed by atoms with van der Waals surface area (Å²) in [7, 11) is 3.69. The van der Waals surface area contributed by atoms with E-state index in [-0.39, 0.29) is 5.91 Å². The van der Waals surface area contributed by atoms with Crippen molar-refractivity contribution in [1.29, 1.82) is 0 Å². The predicted molar refractivity (Wildman–Crippen MR) is 110 cm³/mol. The first-order valence-electron chi connectivity index (χ1n) is 8.92. The van der Waals surface area contributed by atoms with Crippen LogP contribution in [0.4, 0.5) is 11.4 Å². The Balaban J connectivity index is 1.55. The Hall–Kier alpha value is -3.27. The van der Waals surface area contributed by atoms with E-state index in [1.807, 2.05) is 66.7 Å². The van der Waals surface area contributed by atoms with Crippen LogP contribution in [0.25, 0.3) is 0 Å². The Bertz CT molecular complexity index is 859. The zero-order valence-electron chi connectivity index (χ0n) is 15.7. The van der Waals surface area contributed by atoms with Gasteiger partial charge < -0.3 is 15.0 Å². The van der Waals surface area contributed by atoms with E-state index in [4.69, 9.17) is 4.74 Å². The molecule has 27 heavy (non-hydrogen) atoms. The van der Waals surface area contributed by atoms with Crippen molar-refractivity contribution in [2.45, 2.75) is 13.0 Å². The Kier molecular flexibility index (Phi) is 6.10. The van der Waals surface area contributed by atoms with Crippen LogP contribution in [0, 0.1) is 0 Å². The first-order chi connectivity index (χ1) is 13.1. The molecule has 0 radical (unpaired) electrons. The van der Waals surface area contributed by atoms with Crippen molar-refractivity contribution in [3.8, 4) is 5.75 Å². The van der Waals surface area contributed by atoms with Crippen LogP contribution in [-0.2, 0) is 17.8 Å². The Labute approximate surface area is 160 Å². The molecule has 3 aromatic rings. The molecule has 4 heteroatoms. The molecule has 0 fully saturated rings. The minimum atomic E-state index is -0.0365. The number of nitrogens with one attached hydrogen (secondary N) is 1. The van der Waals surface area contributed by atoms with Crippen molar-refractivity contribution >= 4 is 17.3 Å². The molecule has 0 aliphatic heterocycles. The number of carbonyl (C=O) groups is 1. The van der Waals surface area contributed by atoms with Gasteiger partial charge in [-0.15, -0.1) is 0 Å². The topological polar surface area (TPSA) is 41.6 Å². The van der Waals surface area contributed by atoms with Crippen LogP contribution in [0.3, 0.4) is 0 Å². The van der Waals surface area contributed by atoms with E-state index in [2.05, 4.69) is 29.4 Å². The van der Waals surface area contributed by atoms with E-state index in [1.165, 1.54) is 5.56 Å². The van der Waals surface area contributed by atoms with Gasteiger partial charge in [-0.2, -0.15) is 0 Å². The highest BCUT2D eigenvalue weighted by atomic mass is 16.5. The van der Waals surface area contributed by atoms with Crippen LogP contribution < -0.4 is 15.0 Å². The number of hydrogen-bond acceptors (Lipinski definition) is 3. The first-order valence-corrected chi connectivity index (χ1v) is 8.92. The monoisotopic (exact) mass is 360 g/mol. The van der Waals surface area contributed by atoms with Gasteiger partial charge in [0.2, 0.25) is 5.91 Å². The molecule has 0 atom stereocenters. The standard InChI is InChI=1S/C23H24N2O2/c1-25(17-19-6-4-3-5-7-19)21-12-10-20(11-13-21)24-23(26)16-18-8-14-22(27-2)15-9-18/h3-15H,16-17H2,1-2H3,(H,24,26). The van der Waals surface area contributed by atoms with Gasteiger partial charge in [-0.25, -0.2) is 0 Å². The molecule has 0 aliphatic rings. The fourth-order valence-electron chi connectivity index (χ4n) is 2.88.